The molecule has 4 aromatic rings. The molecule has 4 aromatic carbocycles. The minimum absolute atomic E-state index is 0.136. The van der Waals surface area contributed by atoms with Crippen molar-refractivity contribution in [3.63, 3.8) is 0 Å². The Morgan fingerprint density at radius 2 is 1.21 bits per heavy atom. The SMILES string of the molecule is O=S(=O)(NCCC(c1ccccc1)c1ccccc1)c1ccc2ccccc2c1. The second kappa shape index (κ2) is 8.60. The molecular weight excluding hydrogens is 378 g/mol. The quantitative estimate of drug-likeness (QED) is 0.454. The van der Waals surface area contributed by atoms with E-state index in [0.717, 1.165) is 10.8 Å². The third-order valence-electron chi connectivity index (χ3n) is 5.16. The monoisotopic (exact) mass is 401 g/mol. The fraction of sp³-hybridized carbons (Fsp3) is 0.120. The van der Waals surface area contributed by atoms with E-state index in [0.29, 0.717) is 17.9 Å². The van der Waals surface area contributed by atoms with Crippen molar-refractivity contribution in [1.29, 1.82) is 0 Å². The fourth-order valence-electron chi connectivity index (χ4n) is 3.65. The van der Waals surface area contributed by atoms with Crippen molar-refractivity contribution in [3.05, 3.63) is 114 Å². The highest BCUT2D eigenvalue weighted by molar-refractivity contribution is 7.89. The van der Waals surface area contributed by atoms with Crippen LogP contribution in [0.2, 0.25) is 0 Å². The molecule has 0 aliphatic rings. The Labute approximate surface area is 172 Å². The van der Waals surface area contributed by atoms with Gasteiger partial charge in [0.25, 0.3) is 0 Å². The largest absolute Gasteiger partial charge is 0.240 e. The molecule has 0 spiro atoms. The molecule has 0 aromatic heterocycles. The van der Waals surface area contributed by atoms with Gasteiger partial charge in [-0.25, -0.2) is 13.1 Å². The molecule has 4 rings (SSSR count). The Hall–Kier alpha value is -2.95. The second-order valence-corrected chi connectivity index (χ2v) is 8.84. The van der Waals surface area contributed by atoms with Gasteiger partial charge in [-0.2, -0.15) is 0 Å². The topological polar surface area (TPSA) is 46.2 Å². The number of sulfonamides is 1. The van der Waals surface area contributed by atoms with Crippen LogP contribution in [-0.2, 0) is 10.0 Å². The summed E-state index contributed by atoms with van der Waals surface area (Å²) in [5.74, 6) is 0.136. The Morgan fingerprint density at radius 3 is 1.83 bits per heavy atom. The van der Waals surface area contributed by atoms with Crippen molar-refractivity contribution < 1.29 is 8.42 Å². The first-order chi connectivity index (χ1) is 14.1. The van der Waals surface area contributed by atoms with Gasteiger partial charge in [-0.3, -0.25) is 0 Å². The standard InChI is InChI=1S/C25H23NO2S/c27-29(28,24-16-15-20-9-7-8-14-23(20)19-24)26-18-17-25(21-10-3-1-4-11-21)22-12-5-2-6-13-22/h1-16,19,25-26H,17-18H2. The lowest BCUT2D eigenvalue weighted by Gasteiger charge is -2.18. The van der Waals surface area contributed by atoms with E-state index in [4.69, 9.17) is 0 Å². The lowest BCUT2D eigenvalue weighted by Crippen LogP contribution is -2.26. The Bertz CT molecular complexity index is 1150. The number of fused-ring (bicyclic) bond motifs is 1. The lowest BCUT2D eigenvalue weighted by atomic mass is 9.89. The van der Waals surface area contributed by atoms with Crippen molar-refractivity contribution in [2.75, 3.05) is 6.54 Å². The van der Waals surface area contributed by atoms with Gasteiger partial charge in [-0.1, -0.05) is 91.0 Å². The minimum Gasteiger partial charge on any atom is -0.211 e. The number of rotatable bonds is 7. The molecule has 4 heteroatoms. The van der Waals surface area contributed by atoms with Gasteiger partial charge in [0.1, 0.15) is 0 Å². The molecule has 0 fully saturated rings. The van der Waals surface area contributed by atoms with Crippen molar-refractivity contribution >= 4 is 20.8 Å². The highest BCUT2D eigenvalue weighted by atomic mass is 32.2. The van der Waals surface area contributed by atoms with Crippen LogP contribution in [0.15, 0.2) is 108 Å². The predicted octanol–water partition coefficient (Wildman–Crippen LogP) is 5.34. The van der Waals surface area contributed by atoms with Crippen LogP contribution >= 0.6 is 0 Å². The molecule has 0 radical (unpaired) electrons. The summed E-state index contributed by atoms with van der Waals surface area (Å²) in [6, 6.07) is 33.4. The molecule has 0 aliphatic heterocycles. The zero-order chi connectivity index (χ0) is 20.1. The summed E-state index contributed by atoms with van der Waals surface area (Å²) in [4.78, 5) is 0.298. The van der Waals surface area contributed by atoms with Crippen LogP contribution in [0.1, 0.15) is 23.5 Å². The summed E-state index contributed by atoms with van der Waals surface area (Å²) in [6.45, 7) is 0.365. The Kier molecular flexibility index (Phi) is 5.74. The molecule has 29 heavy (non-hydrogen) atoms. The van der Waals surface area contributed by atoms with Crippen LogP contribution in [0.3, 0.4) is 0 Å². The summed E-state index contributed by atoms with van der Waals surface area (Å²) < 4.78 is 28.4. The van der Waals surface area contributed by atoms with E-state index >= 15 is 0 Å². The number of nitrogens with one attached hydrogen (secondary N) is 1. The van der Waals surface area contributed by atoms with E-state index in [1.807, 2.05) is 66.7 Å². The smallest absolute Gasteiger partial charge is 0.211 e. The summed E-state index contributed by atoms with van der Waals surface area (Å²) in [5.41, 5.74) is 2.37. The van der Waals surface area contributed by atoms with E-state index in [1.165, 1.54) is 11.1 Å². The fourth-order valence-corrected chi connectivity index (χ4v) is 4.73. The molecular formula is C25H23NO2S. The van der Waals surface area contributed by atoms with Gasteiger partial charge in [0.15, 0.2) is 0 Å². The zero-order valence-corrected chi connectivity index (χ0v) is 16.8. The van der Waals surface area contributed by atoms with Gasteiger partial charge in [0.05, 0.1) is 4.90 Å². The maximum Gasteiger partial charge on any atom is 0.240 e. The zero-order valence-electron chi connectivity index (χ0n) is 16.0. The maximum atomic E-state index is 12.8. The van der Waals surface area contributed by atoms with Crippen LogP contribution in [0.25, 0.3) is 10.8 Å². The van der Waals surface area contributed by atoms with Crippen LogP contribution in [0.5, 0.6) is 0 Å². The third-order valence-corrected chi connectivity index (χ3v) is 6.62. The van der Waals surface area contributed by atoms with Gasteiger partial charge in [-0.15, -0.1) is 0 Å². The van der Waals surface area contributed by atoms with Crippen LogP contribution in [0, 0.1) is 0 Å². The average molecular weight is 402 g/mol. The van der Waals surface area contributed by atoms with E-state index in [9.17, 15) is 8.42 Å². The van der Waals surface area contributed by atoms with E-state index < -0.39 is 10.0 Å². The normalized spacial score (nSPS) is 11.8. The van der Waals surface area contributed by atoms with Crippen molar-refractivity contribution in [3.8, 4) is 0 Å². The predicted molar refractivity (Wildman–Crippen MR) is 118 cm³/mol. The second-order valence-electron chi connectivity index (χ2n) is 7.07. The maximum absolute atomic E-state index is 12.8. The average Bonchev–Trinajstić information content (AvgIpc) is 2.77. The van der Waals surface area contributed by atoms with Crippen LogP contribution < -0.4 is 4.72 Å². The first kappa shape index (κ1) is 19.4. The molecule has 0 aliphatic carbocycles. The third kappa shape index (κ3) is 4.56. The summed E-state index contributed by atoms with van der Waals surface area (Å²) in [5, 5.41) is 1.95. The van der Waals surface area contributed by atoms with Gasteiger partial charge < -0.3 is 0 Å². The molecule has 0 atom stereocenters. The van der Waals surface area contributed by atoms with E-state index in [-0.39, 0.29) is 5.92 Å². The molecule has 0 unspecified atom stereocenters. The molecule has 0 saturated carbocycles. The number of hydrogen-bond acceptors (Lipinski definition) is 2. The van der Waals surface area contributed by atoms with Gasteiger partial charge in [0, 0.05) is 12.5 Å². The Morgan fingerprint density at radius 1 is 0.655 bits per heavy atom. The number of benzene rings is 4. The first-order valence-electron chi connectivity index (χ1n) is 9.72. The molecule has 0 bridgehead atoms. The first-order valence-corrected chi connectivity index (χ1v) is 11.2. The van der Waals surface area contributed by atoms with Crippen molar-refractivity contribution in [1.82, 2.24) is 4.72 Å². The van der Waals surface area contributed by atoms with Crippen LogP contribution in [-0.4, -0.2) is 15.0 Å². The Balaban J connectivity index is 1.51. The van der Waals surface area contributed by atoms with Gasteiger partial charge in [0.2, 0.25) is 10.0 Å². The molecule has 0 amide bonds. The van der Waals surface area contributed by atoms with E-state index in [1.54, 1.807) is 12.1 Å². The molecule has 146 valence electrons. The van der Waals surface area contributed by atoms with Crippen LogP contribution in [0.4, 0.5) is 0 Å². The van der Waals surface area contributed by atoms with Crippen molar-refractivity contribution in [2.24, 2.45) is 0 Å². The van der Waals surface area contributed by atoms with Gasteiger partial charge in [-0.05, 0) is 40.5 Å². The molecule has 0 heterocycles. The number of hydrogen-bond donors (Lipinski definition) is 1. The van der Waals surface area contributed by atoms with Crippen molar-refractivity contribution in [2.45, 2.75) is 17.2 Å². The summed E-state index contributed by atoms with van der Waals surface area (Å²) in [6.07, 6.45) is 0.681. The molecule has 0 saturated heterocycles. The lowest BCUT2D eigenvalue weighted by molar-refractivity contribution is 0.575. The summed E-state index contributed by atoms with van der Waals surface area (Å²) in [7, 11) is -3.56. The highest BCUT2D eigenvalue weighted by Crippen LogP contribution is 2.27. The minimum atomic E-state index is -3.56. The molecule has 3 nitrogen and oxygen atoms in total. The van der Waals surface area contributed by atoms with Gasteiger partial charge >= 0.3 is 0 Å². The van der Waals surface area contributed by atoms with E-state index in [2.05, 4.69) is 29.0 Å². The molecule has 1 N–H and O–H groups in total. The summed E-state index contributed by atoms with van der Waals surface area (Å²) >= 11 is 0. The highest BCUT2D eigenvalue weighted by Gasteiger charge is 2.17.